The van der Waals surface area contributed by atoms with Gasteiger partial charge in [-0.05, 0) is 30.9 Å². The molecule has 1 aromatic heterocycles. The fourth-order valence-corrected chi connectivity index (χ4v) is 4.53. The van der Waals surface area contributed by atoms with Gasteiger partial charge in [0, 0.05) is 16.5 Å². The van der Waals surface area contributed by atoms with Crippen molar-refractivity contribution in [1.29, 1.82) is 0 Å². The minimum atomic E-state index is -3.02. The van der Waals surface area contributed by atoms with Crippen molar-refractivity contribution >= 4 is 39.1 Å². The standard InChI is InChI=1S/C14H18N2O4S2/c1-10(7-12-3-2-5-21-12)14(18)15-8-13(17)16-11-4-6-22(19,20)9-11/h2-3,5,7,11H,4,6,8-9H2,1H3,(H,15,18)(H,16,17)/b10-7+. The lowest BCUT2D eigenvalue weighted by Gasteiger charge is -2.11. The molecule has 0 saturated carbocycles. The largest absolute Gasteiger partial charge is 0.351 e. The number of hydrogen-bond acceptors (Lipinski definition) is 5. The maximum absolute atomic E-state index is 11.9. The summed E-state index contributed by atoms with van der Waals surface area (Å²) in [6.07, 6.45) is 2.18. The lowest BCUT2D eigenvalue weighted by molar-refractivity contribution is -0.124. The summed E-state index contributed by atoms with van der Waals surface area (Å²) in [6.45, 7) is 1.52. The fraction of sp³-hybridized carbons (Fsp3) is 0.429. The molecule has 2 amide bonds. The minimum absolute atomic E-state index is 0.0238. The molecule has 120 valence electrons. The van der Waals surface area contributed by atoms with E-state index in [0.717, 1.165) is 4.88 Å². The molecule has 2 rings (SSSR count). The van der Waals surface area contributed by atoms with Gasteiger partial charge in [-0.25, -0.2) is 8.42 Å². The first-order valence-corrected chi connectivity index (χ1v) is 9.55. The maximum atomic E-state index is 11.9. The van der Waals surface area contributed by atoms with E-state index in [1.54, 1.807) is 13.0 Å². The molecule has 0 aromatic carbocycles. The molecular weight excluding hydrogens is 324 g/mol. The Balaban J connectivity index is 1.77. The molecule has 1 atom stereocenters. The van der Waals surface area contributed by atoms with E-state index in [-0.39, 0.29) is 35.9 Å². The number of amides is 2. The second-order valence-electron chi connectivity index (χ2n) is 5.19. The van der Waals surface area contributed by atoms with E-state index in [9.17, 15) is 18.0 Å². The Hall–Kier alpha value is -1.67. The summed E-state index contributed by atoms with van der Waals surface area (Å²) in [5.41, 5.74) is 0.513. The van der Waals surface area contributed by atoms with Crippen molar-refractivity contribution in [2.45, 2.75) is 19.4 Å². The quantitative estimate of drug-likeness (QED) is 0.765. The zero-order valence-electron chi connectivity index (χ0n) is 12.2. The van der Waals surface area contributed by atoms with Crippen LogP contribution in [0.3, 0.4) is 0 Å². The molecule has 1 aliphatic heterocycles. The summed E-state index contributed by atoms with van der Waals surface area (Å²) >= 11 is 1.52. The van der Waals surface area contributed by atoms with E-state index in [1.165, 1.54) is 11.3 Å². The van der Waals surface area contributed by atoms with Gasteiger partial charge in [0.15, 0.2) is 9.84 Å². The highest BCUT2D eigenvalue weighted by Gasteiger charge is 2.28. The second kappa shape index (κ2) is 7.06. The molecule has 1 aromatic rings. The third-order valence-electron chi connectivity index (χ3n) is 3.27. The van der Waals surface area contributed by atoms with E-state index in [2.05, 4.69) is 10.6 Å². The van der Waals surface area contributed by atoms with Crippen LogP contribution in [0.4, 0.5) is 0 Å². The Morgan fingerprint density at radius 3 is 2.82 bits per heavy atom. The zero-order chi connectivity index (χ0) is 16.2. The summed E-state index contributed by atoms with van der Waals surface area (Å²) in [6, 6.07) is 3.44. The Morgan fingerprint density at radius 2 is 2.23 bits per heavy atom. The monoisotopic (exact) mass is 342 g/mol. The van der Waals surface area contributed by atoms with Crippen LogP contribution < -0.4 is 10.6 Å². The highest BCUT2D eigenvalue weighted by Crippen LogP contribution is 2.13. The highest BCUT2D eigenvalue weighted by molar-refractivity contribution is 7.91. The SMILES string of the molecule is C/C(=C\c1cccs1)C(=O)NCC(=O)NC1CCS(=O)(=O)C1. The fourth-order valence-electron chi connectivity index (χ4n) is 2.14. The Labute approximate surface area is 133 Å². The summed E-state index contributed by atoms with van der Waals surface area (Å²) < 4.78 is 22.6. The van der Waals surface area contributed by atoms with Crippen molar-refractivity contribution < 1.29 is 18.0 Å². The van der Waals surface area contributed by atoms with E-state index in [1.807, 2.05) is 17.5 Å². The molecule has 1 aliphatic rings. The predicted molar refractivity (Wildman–Crippen MR) is 86.2 cm³/mol. The van der Waals surface area contributed by atoms with Crippen LogP contribution in [0.5, 0.6) is 0 Å². The molecule has 1 fully saturated rings. The lowest BCUT2D eigenvalue weighted by Crippen LogP contribution is -2.42. The molecule has 22 heavy (non-hydrogen) atoms. The van der Waals surface area contributed by atoms with E-state index >= 15 is 0 Å². The van der Waals surface area contributed by atoms with Crippen molar-refractivity contribution in [3.63, 3.8) is 0 Å². The first-order chi connectivity index (χ1) is 10.4. The van der Waals surface area contributed by atoms with Crippen molar-refractivity contribution in [2.75, 3.05) is 18.1 Å². The molecule has 0 aliphatic carbocycles. The van der Waals surface area contributed by atoms with Crippen LogP contribution in [-0.2, 0) is 19.4 Å². The van der Waals surface area contributed by atoms with E-state index in [0.29, 0.717) is 12.0 Å². The summed E-state index contributed by atoms with van der Waals surface area (Å²) in [7, 11) is -3.02. The highest BCUT2D eigenvalue weighted by atomic mass is 32.2. The molecule has 2 N–H and O–H groups in total. The van der Waals surface area contributed by atoms with Crippen LogP contribution in [0, 0.1) is 0 Å². The number of carbonyl (C=O) groups is 2. The maximum Gasteiger partial charge on any atom is 0.247 e. The van der Waals surface area contributed by atoms with Crippen LogP contribution in [0.1, 0.15) is 18.2 Å². The molecule has 0 bridgehead atoms. The van der Waals surface area contributed by atoms with Gasteiger partial charge in [-0.1, -0.05) is 6.07 Å². The van der Waals surface area contributed by atoms with Gasteiger partial charge in [-0.2, -0.15) is 0 Å². The van der Waals surface area contributed by atoms with E-state index in [4.69, 9.17) is 0 Å². The molecule has 1 saturated heterocycles. The van der Waals surface area contributed by atoms with Crippen LogP contribution in [-0.4, -0.2) is 44.3 Å². The number of hydrogen-bond donors (Lipinski definition) is 2. The molecule has 8 heteroatoms. The second-order valence-corrected chi connectivity index (χ2v) is 8.40. The average Bonchev–Trinajstić information content (AvgIpc) is 3.05. The molecule has 0 spiro atoms. The van der Waals surface area contributed by atoms with Gasteiger partial charge in [0.25, 0.3) is 0 Å². The number of nitrogens with one attached hydrogen (secondary N) is 2. The molecular formula is C14H18N2O4S2. The summed E-state index contributed by atoms with van der Waals surface area (Å²) in [5, 5.41) is 7.07. The topological polar surface area (TPSA) is 92.3 Å². The van der Waals surface area contributed by atoms with Crippen molar-refractivity contribution in [3.8, 4) is 0 Å². The van der Waals surface area contributed by atoms with Crippen molar-refractivity contribution in [3.05, 3.63) is 28.0 Å². The molecule has 6 nitrogen and oxygen atoms in total. The first-order valence-electron chi connectivity index (χ1n) is 6.85. The van der Waals surface area contributed by atoms with Gasteiger partial charge >= 0.3 is 0 Å². The van der Waals surface area contributed by atoms with Gasteiger partial charge in [-0.15, -0.1) is 11.3 Å². The molecule has 0 radical (unpaired) electrons. The molecule has 1 unspecified atom stereocenters. The van der Waals surface area contributed by atoms with Gasteiger partial charge < -0.3 is 10.6 Å². The van der Waals surface area contributed by atoms with Crippen molar-refractivity contribution in [1.82, 2.24) is 10.6 Å². The van der Waals surface area contributed by atoms with Crippen molar-refractivity contribution in [2.24, 2.45) is 0 Å². The Morgan fingerprint density at radius 1 is 1.45 bits per heavy atom. The van der Waals surface area contributed by atoms with Crippen LogP contribution in [0.15, 0.2) is 23.1 Å². The normalized spacial score (nSPS) is 20.6. The third-order valence-corrected chi connectivity index (χ3v) is 5.85. The summed E-state index contributed by atoms with van der Waals surface area (Å²) in [5.74, 6) is -0.612. The van der Waals surface area contributed by atoms with E-state index < -0.39 is 9.84 Å². The Bertz CT molecular complexity index is 678. The van der Waals surface area contributed by atoms with Gasteiger partial charge in [-0.3, -0.25) is 9.59 Å². The number of rotatable bonds is 5. The minimum Gasteiger partial charge on any atom is -0.351 e. The van der Waals surface area contributed by atoms with Crippen LogP contribution in [0.2, 0.25) is 0 Å². The number of carbonyl (C=O) groups excluding carboxylic acids is 2. The average molecular weight is 342 g/mol. The zero-order valence-corrected chi connectivity index (χ0v) is 13.8. The third kappa shape index (κ3) is 4.96. The number of sulfone groups is 1. The smallest absolute Gasteiger partial charge is 0.247 e. The van der Waals surface area contributed by atoms with Crippen LogP contribution >= 0.6 is 11.3 Å². The van der Waals surface area contributed by atoms with Gasteiger partial charge in [0.05, 0.1) is 18.1 Å². The molecule has 2 heterocycles. The first kappa shape index (κ1) is 16.7. The summed E-state index contributed by atoms with van der Waals surface area (Å²) in [4.78, 5) is 24.5. The lowest BCUT2D eigenvalue weighted by atomic mass is 10.2. The predicted octanol–water partition coefficient (Wildman–Crippen LogP) is 0.571. The van der Waals surface area contributed by atoms with Crippen LogP contribution in [0.25, 0.3) is 6.08 Å². The number of thiophene rings is 1. The van der Waals surface area contributed by atoms with Gasteiger partial charge in [0.2, 0.25) is 11.8 Å². The Kier molecular flexibility index (Phi) is 5.36. The van der Waals surface area contributed by atoms with Gasteiger partial charge in [0.1, 0.15) is 0 Å².